The number of benzene rings is 1. The van der Waals surface area contributed by atoms with Crippen LogP contribution in [0.3, 0.4) is 0 Å². The van der Waals surface area contributed by atoms with Crippen LogP contribution in [-0.2, 0) is 11.2 Å². The van der Waals surface area contributed by atoms with Gasteiger partial charge in [-0.1, -0.05) is 30.3 Å². The second-order valence-electron chi connectivity index (χ2n) is 4.15. The van der Waals surface area contributed by atoms with Gasteiger partial charge in [-0.2, -0.15) is 0 Å². The predicted molar refractivity (Wildman–Crippen MR) is 65.1 cm³/mol. The van der Waals surface area contributed by atoms with Gasteiger partial charge in [0.05, 0.1) is 0 Å². The maximum absolute atomic E-state index is 11.0. The molecule has 16 heavy (non-hydrogen) atoms. The standard InChI is InChI=1S/C14H17NO/c16-14-9-8-13(11-14)15-10-4-7-12-5-2-1-3-6-12/h1-3,5-6,11,15H,4,7-10H2. The molecule has 0 aliphatic heterocycles. The Kier molecular flexibility index (Phi) is 3.76. The maximum Gasteiger partial charge on any atom is 0.157 e. The highest BCUT2D eigenvalue weighted by molar-refractivity contribution is 5.92. The summed E-state index contributed by atoms with van der Waals surface area (Å²) in [7, 11) is 0. The molecular formula is C14H17NO. The number of allylic oxidation sites excluding steroid dienone is 2. The molecule has 1 aliphatic rings. The molecule has 0 unspecified atom stereocenters. The molecule has 0 saturated heterocycles. The molecule has 1 aromatic rings. The SMILES string of the molecule is O=C1C=C(NCCCc2ccccc2)CC1. The van der Waals surface area contributed by atoms with Crippen LogP contribution in [-0.4, -0.2) is 12.3 Å². The Morgan fingerprint density at radius 1 is 1.12 bits per heavy atom. The second kappa shape index (κ2) is 5.50. The Balaban J connectivity index is 1.66. The summed E-state index contributed by atoms with van der Waals surface area (Å²) in [5, 5.41) is 3.32. The van der Waals surface area contributed by atoms with Crippen molar-refractivity contribution in [2.45, 2.75) is 25.7 Å². The minimum absolute atomic E-state index is 0.255. The lowest BCUT2D eigenvalue weighted by molar-refractivity contribution is -0.114. The summed E-state index contributed by atoms with van der Waals surface area (Å²) in [5.41, 5.74) is 2.49. The highest BCUT2D eigenvalue weighted by atomic mass is 16.1. The van der Waals surface area contributed by atoms with E-state index in [0.717, 1.165) is 31.5 Å². The van der Waals surface area contributed by atoms with Crippen LogP contribution < -0.4 is 5.32 Å². The Morgan fingerprint density at radius 3 is 2.62 bits per heavy atom. The van der Waals surface area contributed by atoms with Crippen molar-refractivity contribution in [1.29, 1.82) is 0 Å². The predicted octanol–water partition coefficient (Wildman–Crippen LogP) is 2.46. The molecule has 0 spiro atoms. The third-order valence-electron chi connectivity index (χ3n) is 2.81. The van der Waals surface area contributed by atoms with Gasteiger partial charge in [0, 0.05) is 24.7 Å². The smallest absolute Gasteiger partial charge is 0.157 e. The first kappa shape index (κ1) is 10.9. The Labute approximate surface area is 96.4 Å². The summed E-state index contributed by atoms with van der Waals surface area (Å²) in [6.45, 7) is 0.952. The van der Waals surface area contributed by atoms with E-state index < -0.39 is 0 Å². The van der Waals surface area contributed by atoms with Crippen LogP contribution in [0.2, 0.25) is 0 Å². The number of rotatable bonds is 5. The monoisotopic (exact) mass is 215 g/mol. The fourth-order valence-corrected chi connectivity index (χ4v) is 1.92. The molecule has 0 aromatic heterocycles. The van der Waals surface area contributed by atoms with Crippen molar-refractivity contribution in [1.82, 2.24) is 5.32 Å². The van der Waals surface area contributed by atoms with Gasteiger partial charge in [0.15, 0.2) is 5.78 Å². The van der Waals surface area contributed by atoms with Gasteiger partial charge < -0.3 is 5.32 Å². The summed E-state index contributed by atoms with van der Waals surface area (Å²) < 4.78 is 0. The fourth-order valence-electron chi connectivity index (χ4n) is 1.92. The molecule has 0 saturated carbocycles. The number of carbonyl (C=O) groups excluding carboxylic acids is 1. The molecule has 1 aliphatic carbocycles. The zero-order valence-corrected chi connectivity index (χ0v) is 9.41. The van der Waals surface area contributed by atoms with E-state index in [9.17, 15) is 4.79 Å². The lowest BCUT2D eigenvalue weighted by atomic mass is 10.1. The van der Waals surface area contributed by atoms with E-state index in [-0.39, 0.29) is 5.78 Å². The van der Waals surface area contributed by atoms with Crippen LogP contribution in [0.5, 0.6) is 0 Å². The third-order valence-corrected chi connectivity index (χ3v) is 2.81. The molecule has 0 atom stereocenters. The van der Waals surface area contributed by atoms with E-state index >= 15 is 0 Å². The molecule has 0 amide bonds. The van der Waals surface area contributed by atoms with Crippen LogP contribution in [0.15, 0.2) is 42.1 Å². The highest BCUT2D eigenvalue weighted by Gasteiger charge is 2.10. The summed E-state index contributed by atoms with van der Waals surface area (Å²) in [4.78, 5) is 11.0. The highest BCUT2D eigenvalue weighted by Crippen LogP contribution is 2.11. The van der Waals surface area contributed by atoms with Crippen LogP contribution in [0.4, 0.5) is 0 Å². The molecule has 2 rings (SSSR count). The Hall–Kier alpha value is -1.57. The van der Waals surface area contributed by atoms with Gasteiger partial charge in [-0.15, -0.1) is 0 Å². The van der Waals surface area contributed by atoms with Crippen molar-refractivity contribution >= 4 is 5.78 Å². The van der Waals surface area contributed by atoms with Crippen LogP contribution in [0, 0.1) is 0 Å². The third kappa shape index (κ3) is 3.23. The van der Waals surface area contributed by atoms with Crippen molar-refractivity contribution in [3.05, 3.63) is 47.7 Å². The van der Waals surface area contributed by atoms with E-state index in [4.69, 9.17) is 0 Å². The number of hydrogen-bond donors (Lipinski definition) is 1. The van der Waals surface area contributed by atoms with Crippen LogP contribution in [0.25, 0.3) is 0 Å². The second-order valence-corrected chi connectivity index (χ2v) is 4.15. The Bertz CT molecular complexity index is 381. The number of carbonyl (C=O) groups is 1. The summed E-state index contributed by atoms with van der Waals surface area (Å²) in [6.07, 6.45) is 5.51. The first-order valence-corrected chi connectivity index (χ1v) is 5.86. The zero-order valence-electron chi connectivity index (χ0n) is 9.41. The van der Waals surface area contributed by atoms with Gasteiger partial charge in [-0.3, -0.25) is 4.79 Å². The Morgan fingerprint density at radius 2 is 1.94 bits per heavy atom. The first-order chi connectivity index (χ1) is 7.84. The fraction of sp³-hybridized carbons (Fsp3) is 0.357. The largest absolute Gasteiger partial charge is 0.388 e. The summed E-state index contributed by atoms with van der Waals surface area (Å²) in [6, 6.07) is 10.5. The molecule has 1 aromatic carbocycles. The molecule has 0 radical (unpaired) electrons. The molecule has 84 valence electrons. The minimum Gasteiger partial charge on any atom is -0.388 e. The molecule has 2 heteroatoms. The summed E-state index contributed by atoms with van der Waals surface area (Å²) >= 11 is 0. The van der Waals surface area contributed by atoms with Crippen molar-refractivity contribution in [3.8, 4) is 0 Å². The van der Waals surface area contributed by atoms with Crippen LogP contribution in [0.1, 0.15) is 24.8 Å². The molecule has 0 heterocycles. The average molecular weight is 215 g/mol. The number of aryl methyl sites for hydroxylation is 1. The van der Waals surface area contributed by atoms with Crippen molar-refractivity contribution in [2.24, 2.45) is 0 Å². The van der Waals surface area contributed by atoms with Crippen molar-refractivity contribution in [3.63, 3.8) is 0 Å². The lowest BCUT2D eigenvalue weighted by Gasteiger charge is -2.06. The van der Waals surface area contributed by atoms with Gasteiger partial charge >= 0.3 is 0 Å². The van der Waals surface area contributed by atoms with Gasteiger partial charge in [0.25, 0.3) is 0 Å². The van der Waals surface area contributed by atoms with Crippen molar-refractivity contribution < 1.29 is 4.79 Å². The number of hydrogen-bond acceptors (Lipinski definition) is 2. The molecule has 0 bridgehead atoms. The quantitative estimate of drug-likeness (QED) is 0.764. The normalized spacial score (nSPS) is 15.0. The topological polar surface area (TPSA) is 29.1 Å². The van der Waals surface area contributed by atoms with E-state index in [1.807, 2.05) is 6.07 Å². The summed E-state index contributed by atoms with van der Waals surface area (Å²) in [5.74, 6) is 0.255. The van der Waals surface area contributed by atoms with E-state index in [2.05, 4.69) is 29.6 Å². The van der Waals surface area contributed by atoms with E-state index in [1.54, 1.807) is 6.08 Å². The lowest BCUT2D eigenvalue weighted by Crippen LogP contribution is -2.13. The molecule has 2 nitrogen and oxygen atoms in total. The van der Waals surface area contributed by atoms with Gasteiger partial charge in [-0.25, -0.2) is 0 Å². The van der Waals surface area contributed by atoms with E-state index in [1.165, 1.54) is 5.56 Å². The first-order valence-electron chi connectivity index (χ1n) is 5.86. The maximum atomic E-state index is 11.0. The zero-order chi connectivity index (χ0) is 11.2. The molecular weight excluding hydrogens is 198 g/mol. The van der Waals surface area contributed by atoms with Crippen molar-refractivity contribution in [2.75, 3.05) is 6.54 Å². The minimum atomic E-state index is 0.255. The number of ketones is 1. The molecule has 1 N–H and O–H groups in total. The molecule has 0 fully saturated rings. The van der Waals surface area contributed by atoms with Gasteiger partial charge in [-0.05, 0) is 24.8 Å². The average Bonchev–Trinajstić information content (AvgIpc) is 2.72. The number of nitrogens with one attached hydrogen (secondary N) is 1. The van der Waals surface area contributed by atoms with Crippen LogP contribution >= 0.6 is 0 Å². The van der Waals surface area contributed by atoms with Gasteiger partial charge in [0.2, 0.25) is 0 Å². The van der Waals surface area contributed by atoms with E-state index in [0.29, 0.717) is 6.42 Å². The van der Waals surface area contributed by atoms with Gasteiger partial charge in [0.1, 0.15) is 0 Å².